The van der Waals surface area contributed by atoms with Gasteiger partial charge in [0.15, 0.2) is 6.73 Å². The molecule has 2 rings (SSSR count). The van der Waals surface area contributed by atoms with Crippen molar-refractivity contribution in [2.45, 2.75) is 6.92 Å². The summed E-state index contributed by atoms with van der Waals surface area (Å²) in [6.07, 6.45) is 3.38. The molecule has 0 amide bonds. The van der Waals surface area contributed by atoms with E-state index in [1.165, 1.54) is 0 Å². The van der Waals surface area contributed by atoms with Crippen LogP contribution in [0.15, 0.2) is 30.7 Å². The van der Waals surface area contributed by atoms with Gasteiger partial charge in [-0.05, 0) is 24.6 Å². The lowest BCUT2D eigenvalue weighted by molar-refractivity contribution is 0.0696. The Hall–Kier alpha value is -1.97. The Kier molecular flexibility index (Phi) is 2.33. The van der Waals surface area contributed by atoms with Crippen LogP contribution in [-0.4, -0.2) is 17.8 Å². The number of hydrogen-bond acceptors (Lipinski definition) is 3. The standard InChI is InChI=1S/C11H11NO3/c1-8-9(11(13)14)3-2-4-10(8)12-5-6-15-7-12/h2-6H,7H2,1H3,(H,13,14). The molecule has 1 aliphatic rings. The second kappa shape index (κ2) is 3.65. The molecule has 0 atom stereocenters. The van der Waals surface area contributed by atoms with E-state index in [0.717, 1.165) is 11.3 Å². The lowest BCUT2D eigenvalue weighted by Gasteiger charge is -2.17. The van der Waals surface area contributed by atoms with Crippen molar-refractivity contribution >= 4 is 11.7 Å². The highest BCUT2D eigenvalue weighted by atomic mass is 16.5. The van der Waals surface area contributed by atoms with Gasteiger partial charge in [-0.3, -0.25) is 0 Å². The van der Waals surface area contributed by atoms with Gasteiger partial charge in [0.1, 0.15) is 6.26 Å². The van der Waals surface area contributed by atoms with Gasteiger partial charge >= 0.3 is 5.97 Å². The van der Waals surface area contributed by atoms with Crippen molar-refractivity contribution < 1.29 is 14.6 Å². The smallest absolute Gasteiger partial charge is 0.336 e. The minimum atomic E-state index is -0.904. The molecule has 1 heterocycles. The molecule has 0 unspecified atom stereocenters. The molecular formula is C11H11NO3. The average molecular weight is 205 g/mol. The molecule has 1 aromatic carbocycles. The molecule has 0 saturated heterocycles. The van der Waals surface area contributed by atoms with E-state index in [9.17, 15) is 4.79 Å². The third kappa shape index (κ3) is 1.66. The zero-order chi connectivity index (χ0) is 10.8. The van der Waals surface area contributed by atoms with Crippen LogP contribution >= 0.6 is 0 Å². The molecule has 0 fully saturated rings. The van der Waals surface area contributed by atoms with Crippen LogP contribution in [0, 0.1) is 6.92 Å². The van der Waals surface area contributed by atoms with Gasteiger partial charge in [0, 0.05) is 11.9 Å². The Morgan fingerprint density at radius 1 is 1.53 bits per heavy atom. The SMILES string of the molecule is Cc1c(C(=O)O)cccc1N1C=COC1. The number of carboxylic acids is 1. The van der Waals surface area contributed by atoms with Crippen LogP contribution in [0.4, 0.5) is 5.69 Å². The van der Waals surface area contributed by atoms with Crippen LogP contribution in [0.3, 0.4) is 0 Å². The molecule has 1 aromatic rings. The van der Waals surface area contributed by atoms with Crippen LogP contribution in [0.25, 0.3) is 0 Å². The molecule has 1 N–H and O–H groups in total. The number of ether oxygens (including phenoxy) is 1. The second-order valence-corrected chi connectivity index (χ2v) is 3.31. The van der Waals surface area contributed by atoms with Crippen molar-refractivity contribution in [3.8, 4) is 0 Å². The Morgan fingerprint density at radius 3 is 2.93 bits per heavy atom. The molecule has 0 saturated carbocycles. The maximum absolute atomic E-state index is 10.9. The summed E-state index contributed by atoms with van der Waals surface area (Å²) in [4.78, 5) is 12.8. The number of nitrogens with zero attached hydrogens (tertiary/aromatic N) is 1. The van der Waals surface area contributed by atoms with E-state index in [1.807, 2.05) is 11.0 Å². The maximum Gasteiger partial charge on any atom is 0.336 e. The highest BCUT2D eigenvalue weighted by molar-refractivity contribution is 5.91. The molecular weight excluding hydrogens is 194 g/mol. The molecule has 0 radical (unpaired) electrons. The van der Waals surface area contributed by atoms with Crippen molar-refractivity contribution in [3.63, 3.8) is 0 Å². The summed E-state index contributed by atoms with van der Waals surface area (Å²) in [5.74, 6) is -0.904. The van der Waals surface area contributed by atoms with E-state index in [1.54, 1.807) is 31.5 Å². The Balaban J connectivity index is 2.43. The Morgan fingerprint density at radius 2 is 2.33 bits per heavy atom. The van der Waals surface area contributed by atoms with E-state index in [-0.39, 0.29) is 0 Å². The van der Waals surface area contributed by atoms with Gasteiger partial charge in [0.05, 0.1) is 5.56 Å². The number of anilines is 1. The molecule has 0 aliphatic carbocycles. The first kappa shape index (κ1) is 9.58. The van der Waals surface area contributed by atoms with Gasteiger partial charge in [0.25, 0.3) is 0 Å². The van der Waals surface area contributed by atoms with Gasteiger partial charge in [-0.25, -0.2) is 4.79 Å². The fourth-order valence-electron chi connectivity index (χ4n) is 1.60. The number of aromatic carboxylic acids is 1. The number of carbonyl (C=O) groups is 1. The summed E-state index contributed by atoms with van der Waals surface area (Å²) < 4.78 is 5.06. The third-order valence-corrected chi connectivity index (χ3v) is 2.40. The molecule has 78 valence electrons. The van der Waals surface area contributed by atoms with Crippen molar-refractivity contribution in [3.05, 3.63) is 41.8 Å². The Labute approximate surface area is 87.4 Å². The Bertz CT molecular complexity index is 426. The molecule has 4 nitrogen and oxygen atoms in total. The van der Waals surface area contributed by atoms with Crippen LogP contribution in [-0.2, 0) is 4.74 Å². The van der Waals surface area contributed by atoms with E-state index in [0.29, 0.717) is 12.3 Å². The van der Waals surface area contributed by atoms with E-state index >= 15 is 0 Å². The van der Waals surface area contributed by atoms with Gasteiger partial charge in [-0.2, -0.15) is 0 Å². The molecule has 0 bridgehead atoms. The second-order valence-electron chi connectivity index (χ2n) is 3.31. The molecule has 0 spiro atoms. The topological polar surface area (TPSA) is 49.8 Å². The summed E-state index contributed by atoms with van der Waals surface area (Å²) in [5, 5.41) is 8.97. The molecule has 0 aromatic heterocycles. The first-order valence-corrected chi connectivity index (χ1v) is 4.58. The fraction of sp³-hybridized carbons (Fsp3) is 0.182. The summed E-state index contributed by atoms with van der Waals surface area (Å²) in [5.41, 5.74) is 1.94. The largest absolute Gasteiger partial charge is 0.479 e. The third-order valence-electron chi connectivity index (χ3n) is 2.40. The predicted molar refractivity (Wildman–Crippen MR) is 55.7 cm³/mol. The van der Waals surface area contributed by atoms with Gasteiger partial charge in [0.2, 0.25) is 0 Å². The summed E-state index contributed by atoms with van der Waals surface area (Å²) in [6.45, 7) is 2.23. The highest BCUT2D eigenvalue weighted by Gasteiger charge is 2.15. The monoisotopic (exact) mass is 205 g/mol. The predicted octanol–water partition coefficient (Wildman–Crippen LogP) is 1.96. The summed E-state index contributed by atoms with van der Waals surface area (Å²) in [6, 6.07) is 5.21. The quantitative estimate of drug-likeness (QED) is 0.801. The summed E-state index contributed by atoms with van der Waals surface area (Å²) in [7, 11) is 0. The fourth-order valence-corrected chi connectivity index (χ4v) is 1.60. The summed E-state index contributed by atoms with van der Waals surface area (Å²) >= 11 is 0. The van der Waals surface area contributed by atoms with Gasteiger partial charge in [-0.15, -0.1) is 0 Å². The normalized spacial score (nSPS) is 14.1. The number of hydrogen-bond donors (Lipinski definition) is 1. The molecule has 15 heavy (non-hydrogen) atoms. The number of rotatable bonds is 2. The minimum Gasteiger partial charge on any atom is -0.479 e. The molecule has 4 heteroatoms. The number of carboxylic acid groups (broad SMARTS) is 1. The van der Waals surface area contributed by atoms with Crippen LogP contribution in [0.2, 0.25) is 0 Å². The minimum absolute atomic E-state index is 0.327. The highest BCUT2D eigenvalue weighted by Crippen LogP contribution is 2.25. The maximum atomic E-state index is 10.9. The zero-order valence-electron chi connectivity index (χ0n) is 8.30. The van der Waals surface area contributed by atoms with E-state index in [4.69, 9.17) is 9.84 Å². The van der Waals surface area contributed by atoms with Crippen LogP contribution < -0.4 is 4.90 Å². The first-order chi connectivity index (χ1) is 7.20. The van der Waals surface area contributed by atoms with E-state index in [2.05, 4.69) is 0 Å². The number of benzene rings is 1. The van der Waals surface area contributed by atoms with Crippen LogP contribution in [0.5, 0.6) is 0 Å². The van der Waals surface area contributed by atoms with E-state index < -0.39 is 5.97 Å². The lowest BCUT2D eigenvalue weighted by atomic mass is 10.1. The van der Waals surface area contributed by atoms with Crippen molar-refractivity contribution in [1.82, 2.24) is 0 Å². The lowest BCUT2D eigenvalue weighted by Crippen LogP contribution is -2.15. The van der Waals surface area contributed by atoms with Gasteiger partial charge < -0.3 is 14.7 Å². The van der Waals surface area contributed by atoms with Crippen molar-refractivity contribution in [2.75, 3.05) is 11.6 Å². The van der Waals surface area contributed by atoms with Gasteiger partial charge in [-0.1, -0.05) is 6.07 Å². The first-order valence-electron chi connectivity index (χ1n) is 4.58. The zero-order valence-corrected chi connectivity index (χ0v) is 8.30. The average Bonchev–Trinajstić information content (AvgIpc) is 2.70. The van der Waals surface area contributed by atoms with Crippen molar-refractivity contribution in [1.29, 1.82) is 0 Å². The van der Waals surface area contributed by atoms with Crippen molar-refractivity contribution in [2.24, 2.45) is 0 Å². The van der Waals surface area contributed by atoms with Crippen LogP contribution in [0.1, 0.15) is 15.9 Å². The molecule has 1 aliphatic heterocycles.